The van der Waals surface area contributed by atoms with Gasteiger partial charge < -0.3 is 19.9 Å². The Morgan fingerprint density at radius 1 is 1.16 bits per heavy atom. The van der Waals surface area contributed by atoms with Crippen LogP contribution in [-0.4, -0.2) is 39.4 Å². The molecule has 168 valence electrons. The largest absolute Gasteiger partial charge is 0.495 e. The van der Waals surface area contributed by atoms with Crippen LogP contribution in [-0.2, 0) is 11.8 Å². The lowest BCUT2D eigenvalue weighted by atomic mass is 10.1. The fourth-order valence-electron chi connectivity index (χ4n) is 3.23. The number of thioether (sulfide) groups is 1. The Kier molecular flexibility index (Phi) is 7.53. The van der Waals surface area contributed by atoms with E-state index >= 15 is 0 Å². The van der Waals surface area contributed by atoms with Crippen molar-refractivity contribution in [2.75, 3.05) is 18.2 Å². The third kappa shape index (κ3) is 5.47. The number of methoxy groups -OCH3 is 1. The van der Waals surface area contributed by atoms with E-state index in [1.165, 1.54) is 11.8 Å². The van der Waals surface area contributed by atoms with Crippen molar-refractivity contribution in [3.8, 4) is 5.75 Å². The molecule has 0 aliphatic carbocycles. The van der Waals surface area contributed by atoms with Crippen molar-refractivity contribution < 1.29 is 14.3 Å². The van der Waals surface area contributed by atoms with Crippen molar-refractivity contribution in [1.29, 1.82) is 0 Å². The van der Waals surface area contributed by atoms with Crippen LogP contribution in [0.2, 0.25) is 0 Å². The summed E-state index contributed by atoms with van der Waals surface area (Å²) in [5.74, 6) is 1.03. The molecular formula is C23H27N5O3S. The second kappa shape index (κ2) is 10.3. The van der Waals surface area contributed by atoms with E-state index in [0.717, 1.165) is 11.1 Å². The van der Waals surface area contributed by atoms with Crippen LogP contribution >= 0.6 is 11.8 Å². The predicted molar refractivity (Wildman–Crippen MR) is 125 cm³/mol. The van der Waals surface area contributed by atoms with Crippen LogP contribution in [0.15, 0.2) is 47.6 Å². The number of ether oxygens (including phenoxy) is 1. The van der Waals surface area contributed by atoms with Crippen molar-refractivity contribution in [3.05, 3.63) is 65.0 Å². The van der Waals surface area contributed by atoms with E-state index in [1.807, 2.05) is 64.2 Å². The lowest BCUT2D eigenvalue weighted by Crippen LogP contribution is -2.29. The average Bonchev–Trinajstić information content (AvgIpc) is 3.13. The molecule has 0 saturated heterocycles. The molecule has 32 heavy (non-hydrogen) atoms. The number of nitrogens with one attached hydrogen (secondary N) is 2. The molecule has 1 atom stereocenters. The van der Waals surface area contributed by atoms with Gasteiger partial charge in [0, 0.05) is 12.6 Å². The Labute approximate surface area is 191 Å². The first-order chi connectivity index (χ1) is 15.3. The molecule has 9 heteroatoms. The zero-order valence-corrected chi connectivity index (χ0v) is 19.6. The van der Waals surface area contributed by atoms with Crippen LogP contribution in [0.4, 0.5) is 5.69 Å². The summed E-state index contributed by atoms with van der Waals surface area (Å²) in [5, 5.41) is 14.8. The van der Waals surface area contributed by atoms with Crippen molar-refractivity contribution in [3.63, 3.8) is 0 Å². The first-order valence-electron chi connectivity index (χ1n) is 10.1. The molecule has 0 aliphatic rings. The Morgan fingerprint density at radius 2 is 1.91 bits per heavy atom. The van der Waals surface area contributed by atoms with Crippen LogP contribution in [0.3, 0.4) is 0 Å². The highest BCUT2D eigenvalue weighted by atomic mass is 32.2. The number of benzene rings is 2. The van der Waals surface area contributed by atoms with Gasteiger partial charge in [-0.3, -0.25) is 9.59 Å². The second-order valence-electron chi connectivity index (χ2n) is 7.45. The number of aryl methyl sites for hydroxylation is 2. The molecule has 2 amide bonds. The first kappa shape index (κ1) is 23.3. The molecule has 3 aromatic rings. The summed E-state index contributed by atoms with van der Waals surface area (Å²) in [6.45, 7) is 5.70. The monoisotopic (exact) mass is 453 g/mol. The Hall–Kier alpha value is -3.33. The van der Waals surface area contributed by atoms with E-state index in [-0.39, 0.29) is 23.6 Å². The van der Waals surface area contributed by atoms with E-state index in [0.29, 0.717) is 28.0 Å². The fourth-order valence-corrected chi connectivity index (χ4v) is 3.95. The highest BCUT2D eigenvalue weighted by Crippen LogP contribution is 2.26. The van der Waals surface area contributed by atoms with Crippen LogP contribution in [0, 0.1) is 13.8 Å². The summed E-state index contributed by atoms with van der Waals surface area (Å²) < 4.78 is 7.09. The van der Waals surface area contributed by atoms with Gasteiger partial charge in [0.15, 0.2) is 11.0 Å². The van der Waals surface area contributed by atoms with E-state index in [1.54, 1.807) is 17.7 Å². The molecule has 1 heterocycles. The number of rotatable bonds is 8. The molecule has 0 bridgehead atoms. The molecular weight excluding hydrogens is 426 g/mol. The number of hydrogen-bond donors (Lipinski definition) is 2. The standard InChI is InChI=1S/C23H27N5O3S/c1-14-10-11-19(31-5)18(12-14)25-20(29)13-32-23-27-26-21(28(23)4)16(3)24-22(30)17-9-7-6-8-15(17)2/h6-12,16H,13H2,1-5H3,(H,24,30)(H,25,29)/t16-/m0/s1. The van der Waals surface area contributed by atoms with Crippen molar-refractivity contribution in [1.82, 2.24) is 20.1 Å². The lowest BCUT2D eigenvalue weighted by molar-refractivity contribution is -0.113. The number of anilines is 1. The minimum atomic E-state index is -0.348. The quantitative estimate of drug-likeness (QED) is 0.505. The first-order valence-corrected chi connectivity index (χ1v) is 11.1. The zero-order valence-electron chi connectivity index (χ0n) is 18.8. The summed E-state index contributed by atoms with van der Waals surface area (Å²) in [6, 6.07) is 12.7. The molecule has 0 unspecified atom stereocenters. The average molecular weight is 454 g/mol. The van der Waals surface area contributed by atoms with Crippen LogP contribution in [0.1, 0.15) is 40.3 Å². The number of nitrogens with zero attached hydrogens (tertiary/aromatic N) is 3. The van der Waals surface area contributed by atoms with E-state index < -0.39 is 0 Å². The third-order valence-electron chi connectivity index (χ3n) is 4.95. The summed E-state index contributed by atoms with van der Waals surface area (Å²) in [7, 11) is 3.38. The van der Waals surface area contributed by atoms with Gasteiger partial charge in [-0.25, -0.2) is 0 Å². The molecule has 0 radical (unpaired) electrons. The molecule has 0 aliphatic heterocycles. The number of hydrogen-bond acceptors (Lipinski definition) is 6. The molecule has 2 aromatic carbocycles. The maximum Gasteiger partial charge on any atom is 0.252 e. The van der Waals surface area contributed by atoms with Gasteiger partial charge in [-0.2, -0.15) is 0 Å². The topological polar surface area (TPSA) is 98.1 Å². The van der Waals surface area contributed by atoms with Gasteiger partial charge in [-0.15, -0.1) is 10.2 Å². The minimum Gasteiger partial charge on any atom is -0.495 e. The number of carbonyl (C=O) groups excluding carboxylic acids is 2. The number of amides is 2. The van der Waals surface area contributed by atoms with Gasteiger partial charge in [0.2, 0.25) is 5.91 Å². The molecule has 0 spiro atoms. The van der Waals surface area contributed by atoms with E-state index in [2.05, 4.69) is 20.8 Å². The Morgan fingerprint density at radius 3 is 2.62 bits per heavy atom. The van der Waals surface area contributed by atoms with E-state index in [9.17, 15) is 9.59 Å². The highest BCUT2D eigenvalue weighted by molar-refractivity contribution is 7.99. The van der Waals surface area contributed by atoms with Gasteiger partial charge in [0.25, 0.3) is 5.91 Å². The van der Waals surface area contributed by atoms with Crippen LogP contribution < -0.4 is 15.4 Å². The summed E-state index contributed by atoms with van der Waals surface area (Å²) in [5.41, 5.74) is 3.18. The SMILES string of the molecule is COc1ccc(C)cc1NC(=O)CSc1nnc([C@H](C)NC(=O)c2ccccc2C)n1C. The third-order valence-corrected chi connectivity index (χ3v) is 5.97. The van der Waals surface area contributed by atoms with Gasteiger partial charge in [0.1, 0.15) is 5.75 Å². The Balaban J connectivity index is 1.61. The molecule has 1 aromatic heterocycles. The molecule has 0 saturated carbocycles. The molecule has 0 fully saturated rings. The normalized spacial score (nSPS) is 11.7. The lowest BCUT2D eigenvalue weighted by Gasteiger charge is -2.14. The van der Waals surface area contributed by atoms with Gasteiger partial charge >= 0.3 is 0 Å². The van der Waals surface area contributed by atoms with Gasteiger partial charge in [-0.05, 0) is 50.1 Å². The van der Waals surface area contributed by atoms with E-state index in [4.69, 9.17) is 4.74 Å². The predicted octanol–water partition coefficient (Wildman–Crippen LogP) is 3.66. The zero-order chi connectivity index (χ0) is 23.3. The number of aromatic nitrogens is 3. The van der Waals surface area contributed by atoms with Gasteiger partial charge in [-0.1, -0.05) is 36.0 Å². The summed E-state index contributed by atoms with van der Waals surface area (Å²) in [4.78, 5) is 25.0. The second-order valence-corrected chi connectivity index (χ2v) is 8.39. The van der Waals surface area contributed by atoms with Crippen molar-refractivity contribution >= 4 is 29.3 Å². The van der Waals surface area contributed by atoms with Crippen LogP contribution in [0.25, 0.3) is 0 Å². The molecule has 2 N–H and O–H groups in total. The fraction of sp³-hybridized carbons (Fsp3) is 0.304. The summed E-state index contributed by atoms with van der Waals surface area (Å²) >= 11 is 1.27. The number of carbonyl (C=O) groups is 2. The Bertz CT molecular complexity index is 1130. The maximum absolute atomic E-state index is 12.6. The van der Waals surface area contributed by atoms with Crippen LogP contribution in [0.5, 0.6) is 5.75 Å². The van der Waals surface area contributed by atoms with Gasteiger partial charge in [0.05, 0.1) is 24.6 Å². The smallest absolute Gasteiger partial charge is 0.252 e. The minimum absolute atomic E-state index is 0.160. The maximum atomic E-state index is 12.6. The highest BCUT2D eigenvalue weighted by Gasteiger charge is 2.20. The molecule has 8 nitrogen and oxygen atoms in total. The van der Waals surface area contributed by atoms with Crippen molar-refractivity contribution in [2.45, 2.75) is 32.0 Å². The summed E-state index contributed by atoms with van der Waals surface area (Å²) in [6.07, 6.45) is 0. The molecule has 3 rings (SSSR count). The van der Waals surface area contributed by atoms with Crippen molar-refractivity contribution in [2.24, 2.45) is 7.05 Å².